The predicted molar refractivity (Wildman–Crippen MR) is 85.0 cm³/mol. The lowest BCUT2D eigenvalue weighted by molar-refractivity contribution is -0.139. The Morgan fingerprint density at radius 3 is 2.54 bits per heavy atom. The minimum atomic E-state index is -1.21. The van der Waals surface area contributed by atoms with Crippen LogP contribution >= 0.6 is 0 Å². The standard InChI is InChI=1S/C17H15FN2O6/c18-11-6-13-10(15(19-26-13)25-7-14(21)22)5-12(11)20-16(23)8-3-1-2-4-9(8)17(20)24/h5-6,8-9H,1-4,7H2,(H,21,22). The SMILES string of the molecule is O=C(O)COc1noc2cc(F)c(N3C(=O)C4CCCCC4C3=O)cc12. The maximum Gasteiger partial charge on any atom is 0.341 e. The zero-order valence-electron chi connectivity index (χ0n) is 13.6. The van der Waals surface area contributed by atoms with Crippen molar-refractivity contribution in [1.29, 1.82) is 0 Å². The molecule has 2 heterocycles. The average molecular weight is 362 g/mol. The molecule has 0 bridgehead atoms. The van der Waals surface area contributed by atoms with Gasteiger partial charge in [-0.2, -0.15) is 0 Å². The van der Waals surface area contributed by atoms with Crippen LogP contribution in [0, 0.1) is 17.7 Å². The Morgan fingerprint density at radius 1 is 1.27 bits per heavy atom. The zero-order chi connectivity index (χ0) is 18.4. The van der Waals surface area contributed by atoms with Crippen molar-refractivity contribution in [3.63, 3.8) is 0 Å². The number of carboxylic acids is 1. The summed E-state index contributed by atoms with van der Waals surface area (Å²) in [5.74, 6) is -3.76. The van der Waals surface area contributed by atoms with Crippen molar-refractivity contribution in [2.45, 2.75) is 25.7 Å². The molecule has 8 nitrogen and oxygen atoms in total. The number of hydrogen-bond acceptors (Lipinski definition) is 6. The molecule has 0 radical (unpaired) electrons. The van der Waals surface area contributed by atoms with Gasteiger partial charge in [-0.1, -0.05) is 12.8 Å². The van der Waals surface area contributed by atoms with Crippen molar-refractivity contribution in [1.82, 2.24) is 5.16 Å². The molecule has 2 amide bonds. The lowest BCUT2D eigenvalue weighted by Crippen LogP contribution is -2.31. The van der Waals surface area contributed by atoms with Gasteiger partial charge in [0.25, 0.3) is 5.88 Å². The van der Waals surface area contributed by atoms with E-state index in [0.29, 0.717) is 12.8 Å². The van der Waals surface area contributed by atoms with Gasteiger partial charge in [-0.05, 0) is 24.1 Å². The molecule has 0 spiro atoms. The van der Waals surface area contributed by atoms with E-state index in [4.69, 9.17) is 14.4 Å². The van der Waals surface area contributed by atoms with Crippen LogP contribution in [0.3, 0.4) is 0 Å². The lowest BCUT2D eigenvalue weighted by atomic mass is 9.81. The topological polar surface area (TPSA) is 110 Å². The van der Waals surface area contributed by atoms with Crippen LogP contribution in [0.15, 0.2) is 16.7 Å². The second-order valence-corrected chi connectivity index (χ2v) is 6.48. The zero-order valence-corrected chi connectivity index (χ0v) is 13.6. The number of hydrogen-bond donors (Lipinski definition) is 1. The van der Waals surface area contributed by atoms with Crippen molar-refractivity contribution in [2.24, 2.45) is 11.8 Å². The Morgan fingerprint density at radius 2 is 1.92 bits per heavy atom. The normalized spacial score (nSPS) is 22.7. The summed E-state index contributed by atoms with van der Waals surface area (Å²) in [6, 6.07) is 2.25. The highest BCUT2D eigenvalue weighted by atomic mass is 19.1. The summed E-state index contributed by atoms with van der Waals surface area (Å²) in [7, 11) is 0. The molecule has 1 saturated heterocycles. The summed E-state index contributed by atoms with van der Waals surface area (Å²) >= 11 is 0. The van der Waals surface area contributed by atoms with Crippen molar-refractivity contribution in [3.8, 4) is 5.88 Å². The Labute approximate surface area is 146 Å². The van der Waals surface area contributed by atoms with Crippen molar-refractivity contribution >= 4 is 34.4 Å². The molecule has 2 aromatic rings. The number of carbonyl (C=O) groups excluding carboxylic acids is 2. The third-order valence-corrected chi connectivity index (χ3v) is 4.92. The fraction of sp³-hybridized carbons (Fsp3) is 0.412. The number of aliphatic carboxylic acids is 1. The highest BCUT2D eigenvalue weighted by molar-refractivity contribution is 6.22. The lowest BCUT2D eigenvalue weighted by Gasteiger charge is -2.19. The number of carboxylic acid groups (broad SMARTS) is 1. The van der Waals surface area contributed by atoms with E-state index < -0.39 is 42.0 Å². The third kappa shape index (κ3) is 2.51. The van der Waals surface area contributed by atoms with E-state index in [-0.39, 0.29) is 22.5 Å². The average Bonchev–Trinajstić information content (AvgIpc) is 3.12. The number of rotatable bonds is 4. The molecule has 1 aromatic heterocycles. The molecule has 2 fully saturated rings. The van der Waals surface area contributed by atoms with Crippen LogP contribution in [0.1, 0.15) is 25.7 Å². The van der Waals surface area contributed by atoms with Gasteiger partial charge in [0, 0.05) is 6.07 Å². The molecule has 26 heavy (non-hydrogen) atoms. The Bertz CT molecular complexity index is 899. The number of fused-ring (bicyclic) bond motifs is 2. The number of benzene rings is 1. The summed E-state index contributed by atoms with van der Waals surface area (Å²) in [5, 5.41) is 12.5. The van der Waals surface area contributed by atoms with Gasteiger partial charge in [-0.25, -0.2) is 14.1 Å². The van der Waals surface area contributed by atoms with Crippen molar-refractivity contribution < 1.29 is 33.1 Å². The first-order valence-electron chi connectivity index (χ1n) is 8.28. The second kappa shape index (κ2) is 6.08. The van der Waals surface area contributed by atoms with Crippen LogP contribution in [0.2, 0.25) is 0 Å². The van der Waals surface area contributed by atoms with E-state index in [0.717, 1.165) is 23.8 Å². The largest absolute Gasteiger partial charge is 0.479 e. The number of amides is 2. The number of ether oxygens (including phenoxy) is 1. The molecule has 1 aliphatic carbocycles. The molecular weight excluding hydrogens is 347 g/mol. The number of anilines is 1. The molecule has 1 aromatic carbocycles. The molecule has 136 valence electrons. The Kier molecular flexibility index (Phi) is 3.86. The van der Waals surface area contributed by atoms with Gasteiger partial charge in [-0.15, -0.1) is 0 Å². The van der Waals surface area contributed by atoms with Gasteiger partial charge < -0.3 is 14.4 Å². The summed E-state index contributed by atoms with van der Waals surface area (Å²) in [6.07, 6.45) is 2.98. The Hall–Kier alpha value is -2.97. The van der Waals surface area contributed by atoms with Crippen LogP contribution in [0.25, 0.3) is 11.0 Å². The number of carbonyl (C=O) groups is 3. The molecule has 2 unspecified atom stereocenters. The van der Waals surface area contributed by atoms with Gasteiger partial charge in [0.1, 0.15) is 0 Å². The van der Waals surface area contributed by atoms with E-state index in [9.17, 15) is 18.8 Å². The van der Waals surface area contributed by atoms with Gasteiger partial charge >= 0.3 is 5.97 Å². The number of halogens is 1. The van der Waals surface area contributed by atoms with Crippen LogP contribution < -0.4 is 9.64 Å². The van der Waals surface area contributed by atoms with E-state index in [1.54, 1.807) is 0 Å². The van der Waals surface area contributed by atoms with Gasteiger partial charge in [0.05, 0.1) is 22.9 Å². The molecule has 1 N–H and O–H groups in total. The van der Waals surface area contributed by atoms with Crippen LogP contribution in [0.4, 0.5) is 10.1 Å². The molecule has 9 heteroatoms. The van der Waals surface area contributed by atoms with Crippen molar-refractivity contribution in [3.05, 3.63) is 17.9 Å². The predicted octanol–water partition coefficient (Wildman–Crippen LogP) is 2.11. The first-order valence-corrected chi connectivity index (χ1v) is 8.28. The maximum absolute atomic E-state index is 14.6. The van der Waals surface area contributed by atoms with Gasteiger partial charge in [0.2, 0.25) is 11.8 Å². The number of nitrogens with zero attached hydrogens (tertiary/aromatic N) is 2. The van der Waals surface area contributed by atoms with E-state index in [1.165, 1.54) is 6.07 Å². The molecule has 2 aliphatic rings. The number of aromatic nitrogens is 1. The second-order valence-electron chi connectivity index (χ2n) is 6.48. The molecule has 4 rings (SSSR count). The first kappa shape index (κ1) is 16.5. The minimum absolute atomic E-state index is 0.0307. The fourth-order valence-corrected chi connectivity index (χ4v) is 3.73. The fourth-order valence-electron chi connectivity index (χ4n) is 3.73. The summed E-state index contributed by atoms with van der Waals surface area (Å²) in [6.45, 7) is -0.653. The van der Waals surface area contributed by atoms with Crippen molar-refractivity contribution in [2.75, 3.05) is 11.5 Å². The highest BCUT2D eigenvalue weighted by Gasteiger charge is 2.49. The van der Waals surface area contributed by atoms with Crippen LogP contribution in [-0.2, 0) is 14.4 Å². The first-order chi connectivity index (χ1) is 12.5. The van der Waals surface area contributed by atoms with Gasteiger partial charge in [-0.3, -0.25) is 9.59 Å². The summed E-state index contributed by atoms with van der Waals surface area (Å²) < 4.78 is 24.5. The van der Waals surface area contributed by atoms with Crippen LogP contribution in [-0.4, -0.2) is 34.7 Å². The van der Waals surface area contributed by atoms with E-state index >= 15 is 0 Å². The molecule has 1 aliphatic heterocycles. The molecular formula is C17H15FN2O6. The summed E-state index contributed by atoms with van der Waals surface area (Å²) in [4.78, 5) is 36.9. The quantitative estimate of drug-likeness (QED) is 0.830. The monoisotopic (exact) mass is 362 g/mol. The number of imide groups is 1. The Balaban J connectivity index is 1.75. The van der Waals surface area contributed by atoms with Gasteiger partial charge in [0.15, 0.2) is 18.0 Å². The third-order valence-electron chi connectivity index (χ3n) is 4.92. The van der Waals surface area contributed by atoms with E-state index in [2.05, 4.69) is 5.16 Å². The van der Waals surface area contributed by atoms with E-state index in [1.807, 2.05) is 0 Å². The summed E-state index contributed by atoms with van der Waals surface area (Å²) in [5.41, 5.74) is -0.159. The van der Waals surface area contributed by atoms with Crippen LogP contribution in [0.5, 0.6) is 5.88 Å². The minimum Gasteiger partial charge on any atom is -0.479 e. The maximum atomic E-state index is 14.6. The smallest absolute Gasteiger partial charge is 0.341 e. The molecule has 2 atom stereocenters. The molecule has 1 saturated carbocycles. The highest BCUT2D eigenvalue weighted by Crippen LogP contribution is 2.42.